The molecule has 0 radical (unpaired) electrons. The van der Waals surface area contributed by atoms with Crippen LogP contribution in [0, 0.1) is 13.8 Å². The Labute approximate surface area is 103 Å². The Morgan fingerprint density at radius 3 is 2.50 bits per heavy atom. The molecule has 0 aliphatic carbocycles. The van der Waals surface area contributed by atoms with Gasteiger partial charge in [0.15, 0.2) is 0 Å². The maximum Gasteiger partial charge on any atom is 0.110 e. The van der Waals surface area contributed by atoms with E-state index in [9.17, 15) is 0 Å². The summed E-state index contributed by atoms with van der Waals surface area (Å²) in [5.74, 6) is 0. The molecule has 1 N–H and O–H groups in total. The van der Waals surface area contributed by atoms with Crippen molar-refractivity contribution >= 4 is 11.3 Å². The summed E-state index contributed by atoms with van der Waals surface area (Å²) in [6.07, 6.45) is 6.52. The van der Waals surface area contributed by atoms with E-state index in [2.05, 4.69) is 31.1 Å². The molecule has 0 aliphatic rings. The molecule has 0 aromatic carbocycles. The van der Waals surface area contributed by atoms with Gasteiger partial charge in [-0.15, -0.1) is 11.3 Å². The summed E-state index contributed by atoms with van der Waals surface area (Å²) in [4.78, 5) is 5.99. The van der Waals surface area contributed by atoms with Crippen molar-refractivity contribution in [3.63, 3.8) is 0 Å². The lowest BCUT2D eigenvalue weighted by molar-refractivity contribution is 0.503. The van der Waals surface area contributed by atoms with Crippen LogP contribution in [0.3, 0.4) is 0 Å². The maximum absolute atomic E-state index is 4.64. The second-order valence-electron chi connectivity index (χ2n) is 4.38. The highest BCUT2D eigenvalue weighted by Gasteiger charge is 2.13. The van der Waals surface area contributed by atoms with Crippen molar-refractivity contribution in [2.45, 2.75) is 58.9 Å². The Kier molecular flexibility index (Phi) is 5.99. The van der Waals surface area contributed by atoms with Crippen LogP contribution in [0.4, 0.5) is 0 Å². The average molecular weight is 240 g/mol. The zero-order valence-corrected chi connectivity index (χ0v) is 11.8. The van der Waals surface area contributed by atoms with Gasteiger partial charge in [0, 0.05) is 4.88 Å². The first-order chi connectivity index (χ1) is 7.69. The van der Waals surface area contributed by atoms with Gasteiger partial charge in [-0.1, -0.05) is 32.6 Å². The van der Waals surface area contributed by atoms with E-state index in [4.69, 9.17) is 0 Å². The van der Waals surface area contributed by atoms with E-state index in [0.29, 0.717) is 6.04 Å². The largest absolute Gasteiger partial charge is 0.311 e. The first-order valence-corrected chi connectivity index (χ1v) is 7.11. The number of thiazole rings is 1. The zero-order chi connectivity index (χ0) is 12.0. The van der Waals surface area contributed by atoms with Crippen molar-refractivity contribution in [1.29, 1.82) is 0 Å². The minimum Gasteiger partial charge on any atom is -0.311 e. The Balaban J connectivity index is 2.47. The number of nitrogens with zero attached hydrogens (tertiary/aromatic N) is 1. The van der Waals surface area contributed by atoms with Crippen LogP contribution in [-0.4, -0.2) is 12.0 Å². The van der Waals surface area contributed by atoms with E-state index >= 15 is 0 Å². The normalized spacial score (nSPS) is 13.0. The summed E-state index contributed by atoms with van der Waals surface area (Å²) < 4.78 is 0. The van der Waals surface area contributed by atoms with Crippen LogP contribution in [-0.2, 0) is 0 Å². The Morgan fingerprint density at radius 2 is 2.00 bits per heavy atom. The van der Waals surface area contributed by atoms with Crippen molar-refractivity contribution in [3.05, 3.63) is 15.6 Å². The second-order valence-corrected chi connectivity index (χ2v) is 5.62. The molecule has 1 atom stereocenters. The summed E-state index contributed by atoms with van der Waals surface area (Å²) >= 11 is 1.84. The van der Waals surface area contributed by atoms with Gasteiger partial charge in [-0.2, -0.15) is 0 Å². The van der Waals surface area contributed by atoms with E-state index in [-0.39, 0.29) is 0 Å². The van der Waals surface area contributed by atoms with Crippen LogP contribution in [0.15, 0.2) is 0 Å². The highest BCUT2D eigenvalue weighted by atomic mass is 32.1. The van der Waals surface area contributed by atoms with Gasteiger partial charge in [-0.25, -0.2) is 4.98 Å². The van der Waals surface area contributed by atoms with Crippen LogP contribution in [0.5, 0.6) is 0 Å². The predicted octanol–water partition coefficient (Wildman–Crippen LogP) is 3.99. The van der Waals surface area contributed by atoms with E-state index in [0.717, 1.165) is 0 Å². The molecule has 2 nitrogen and oxygen atoms in total. The fourth-order valence-electron chi connectivity index (χ4n) is 1.81. The summed E-state index contributed by atoms with van der Waals surface area (Å²) in [6, 6.07) is 0.453. The average Bonchev–Trinajstić information content (AvgIpc) is 2.59. The number of aryl methyl sites for hydroxylation is 2. The van der Waals surface area contributed by atoms with Gasteiger partial charge in [0.25, 0.3) is 0 Å². The number of unbranched alkanes of at least 4 members (excludes halogenated alkanes) is 3. The summed E-state index contributed by atoms with van der Waals surface area (Å²) in [5.41, 5.74) is 1.19. The van der Waals surface area contributed by atoms with Crippen molar-refractivity contribution in [2.24, 2.45) is 0 Å². The molecule has 1 rings (SSSR count). The highest BCUT2D eigenvalue weighted by Crippen LogP contribution is 2.26. The molecule has 0 aliphatic heterocycles. The van der Waals surface area contributed by atoms with Gasteiger partial charge in [0.05, 0.1) is 11.7 Å². The summed E-state index contributed by atoms with van der Waals surface area (Å²) in [5, 5.41) is 4.64. The minimum atomic E-state index is 0.453. The van der Waals surface area contributed by atoms with Crippen LogP contribution >= 0.6 is 11.3 Å². The van der Waals surface area contributed by atoms with Crippen LogP contribution < -0.4 is 5.32 Å². The molecule has 16 heavy (non-hydrogen) atoms. The van der Waals surface area contributed by atoms with Crippen LogP contribution in [0.2, 0.25) is 0 Å². The molecule has 0 bridgehead atoms. The molecule has 92 valence electrons. The molecule has 0 amide bonds. The monoisotopic (exact) mass is 240 g/mol. The third-order valence-corrected chi connectivity index (χ3v) is 4.22. The molecular weight excluding hydrogens is 216 g/mol. The first kappa shape index (κ1) is 13.7. The smallest absolute Gasteiger partial charge is 0.110 e. The third kappa shape index (κ3) is 3.87. The van der Waals surface area contributed by atoms with Gasteiger partial charge < -0.3 is 5.32 Å². The van der Waals surface area contributed by atoms with Crippen molar-refractivity contribution < 1.29 is 0 Å². The van der Waals surface area contributed by atoms with Crippen molar-refractivity contribution in [3.8, 4) is 0 Å². The molecule has 0 spiro atoms. The molecule has 0 saturated carbocycles. The fourth-order valence-corrected chi connectivity index (χ4v) is 2.88. The molecule has 0 saturated heterocycles. The molecule has 1 heterocycles. The quantitative estimate of drug-likeness (QED) is 0.729. The van der Waals surface area contributed by atoms with Gasteiger partial charge in [0.1, 0.15) is 5.01 Å². The van der Waals surface area contributed by atoms with E-state index < -0.39 is 0 Å². The molecule has 1 aromatic heterocycles. The minimum absolute atomic E-state index is 0.453. The predicted molar refractivity (Wildman–Crippen MR) is 72.1 cm³/mol. The van der Waals surface area contributed by atoms with Crippen LogP contribution in [0.25, 0.3) is 0 Å². The molecule has 1 aromatic rings. The van der Waals surface area contributed by atoms with Crippen molar-refractivity contribution in [2.75, 3.05) is 7.05 Å². The number of hydrogen-bond acceptors (Lipinski definition) is 3. The lowest BCUT2D eigenvalue weighted by atomic mass is 10.1. The van der Waals surface area contributed by atoms with Crippen LogP contribution in [0.1, 0.15) is 60.6 Å². The third-order valence-electron chi connectivity index (χ3n) is 3.04. The van der Waals surface area contributed by atoms with E-state index in [1.54, 1.807) is 0 Å². The van der Waals surface area contributed by atoms with Gasteiger partial charge in [-0.3, -0.25) is 0 Å². The lowest BCUT2D eigenvalue weighted by Crippen LogP contribution is -2.16. The van der Waals surface area contributed by atoms with Gasteiger partial charge in [0.2, 0.25) is 0 Å². The van der Waals surface area contributed by atoms with Gasteiger partial charge >= 0.3 is 0 Å². The topological polar surface area (TPSA) is 24.9 Å². The Morgan fingerprint density at radius 1 is 1.25 bits per heavy atom. The lowest BCUT2D eigenvalue weighted by Gasteiger charge is -2.12. The molecule has 1 unspecified atom stereocenters. The summed E-state index contributed by atoms with van der Waals surface area (Å²) in [6.45, 7) is 6.50. The fraction of sp³-hybridized carbons (Fsp3) is 0.769. The standard InChI is InChI=1S/C13H24N2S/c1-5-6-7-8-9-12(14-4)13-15-10(2)11(3)16-13/h12,14H,5-9H2,1-4H3. The number of nitrogens with one attached hydrogen (secondary N) is 1. The molecule has 3 heteroatoms. The number of aromatic nitrogens is 1. The number of rotatable bonds is 7. The van der Waals surface area contributed by atoms with E-state index in [1.165, 1.54) is 47.7 Å². The highest BCUT2D eigenvalue weighted by molar-refractivity contribution is 7.11. The first-order valence-electron chi connectivity index (χ1n) is 6.30. The van der Waals surface area contributed by atoms with E-state index in [1.807, 2.05) is 18.4 Å². The maximum atomic E-state index is 4.64. The second kappa shape index (κ2) is 7.02. The SMILES string of the molecule is CCCCCCC(NC)c1nc(C)c(C)s1. The van der Waals surface area contributed by atoms with Crippen molar-refractivity contribution in [1.82, 2.24) is 10.3 Å². The van der Waals surface area contributed by atoms with Gasteiger partial charge in [-0.05, 0) is 27.3 Å². The zero-order valence-electron chi connectivity index (χ0n) is 11.0. The number of hydrogen-bond donors (Lipinski definition) is 1. The molecule has 0 fully saturated rings. The molecular formula is C13H24N2S. The Hall–Kier alpha value is -0.410. The Bertz CT molecular complexity index is 287. The summed E-state index contributed by atoms with van der Waals surface area (Å²) in [7, 11) is 2.04.